The normalized spacial score (nSPS) is 11.4. The van der Waals surface area contributed by atoms with Gasteiger partial charge in [-0.15, -0.1) is 0 Å². The molecule has 0 spiro atoms. The molecular formula is C17H12Br2O3. The molecule has 0 saturated carbocycles. The van der Waals surface area contributed by atoms with Gasteiger partial charge in [-0.1, -0.05) is 31.9 Å². The molecule has 0 unspecified atom stereocenters. The van der Waals surface area contributed by atoms with E-state index in [0.29, 0.717) is 11.1 Å². The van der Waals surface area contributed by atoms with Crippen LogP contribution >= 0.6 is 31.9 Å². The van der Waals surface area contributed by atoms with Crippen LogP contribution in [-0.2, 0) is 4.79 Å². The van der Waals surface area contributed by atoms with Crippen LogP contribution in [0.5, 0.6) is 11.5 Å². The number of phenols is 2. The number of rotatable bonds is 4. The highest BCUT2D eigenvalue weighted by atomic mass is 79.9. The van der Waals surface area contributed by atoms with E-state index in [1.165, 1.54) is 24.3 Å². The van der Waals surface area contributed by atoms with Gasteiger partial charge in [-0.25, -0.2) is 0 Å². The highest BCUT2D eigenvalue weighted by Gasteiger charge is 2.00. The first-order valence-corrected chi connectivity index (χ1v) is 7.91. The van der Waals surface area contributed by atoms with Gasteiger partial charge in [0.2, 0.25) is 0 Å². The van der Waals surface area contributed by atoms with E-state index in [9.17, 15) is 15.0 Å². The molecule has 2 aromatic carbocycles. The lowest BCUT2D eigenvalue weighted by atomic mass is 10.1. The van der Waals surface area contributed by atoms with Gasteiger partial charge < -0.3 is 10.2 Å². The number of halogens is 2. The quantitative estimate of drug-likeness (QED) is 0.686. The number of aromatic hydroxyl groups is 2. The number of ketones is 1. The van der Waals surface area contributed by atoms with Crippen molar-refractivity contribution >= 4 is 49.8 Å². The minimum atomic E-state index is -0.251. The average Bonchev–Trinajstić information content (AvgIpc) is 2.49. The van der Waals surface area contributed by atoms with Crippen molar-refractivity contribution in [3.8, 4) is 11.5 Å². The predicted octanol–water partition coefficient (Wildman–Crippen LogP) is 4.92. The fourth-order valence-electron chi connectivity index (χ4n) is 1.72. The largest absolute Gasteiger partial charge is 0.507 e. The van der Waals surface area contributed by atoms with Crippen molar-refractivity contribution in [3.63, 3.8) is 0 Å². The summed E-state index contributed by atoms with van der Waals surface area (Å²) in [5, 5.41) is 19.4. The van der Waals surface area contributed by atoms with E-state index < -0.39 is 0 Å². The third kappa shape index (κ3) is 4.58. The Bertz CT molecular complexity index is 701. The Morgan fingerprint density at radius 3 is 1.64 bits per heavy atom. The summed E-state index contributed by atoms with van der Waals surface area (Å²) in [5.41, 5.74) is 1.09. The predicted molar refractivity (Wildman–Crippen MR) is 94.7 cm³/mol. The van der Waals surface area contributed by atoms with Crippen LogP contribution in [-0.4, -0.2) is 16.0 Å². The lowest BCUT2D eigenvalue weighted by Gasteiger charge is -1.99. The van der Waals surface area contributed by atoms with Crippen molar-refractivity contribution in [3.05, 3.63) is 68.6 Å². The molecule has 0 atom stereocenters. The van der Waals surface area contributed by atoms with Gasteiger partial charge >= 0.3 is 0 Å². The highest BCUT2D eigenvalue weighted by Crippen LogP contribution is 2.24. The van der Waals surface area contributed by atoms with Crippen molar-refractivity contribution in [2.45, 2.75) is 0 Å². The SMILES string of the molecule is O=C(/C=C\c1cc(Br)ccc1O)/C=C/c1cc(Br)ccc1O. The molecule has 2 aromatic rings. The van der Waals surface area contributed by atoms with Crippen LogP contribution in [0.2, 0.25) is 0 Å². The van der Waals surface area contributed by atoms with Gasteiger partial charge in [0.05, 0.1) is 0 Å². The Morgan fingerprint density at radius 2 is 1.23 bits per heavy atom. The van der Waals surface area contributed by atoms with Gasteiger partial charge in [0.1, 0.15) is 11.5 Å². The van der Waals surface area contributed by atoms with Gasteiger partial charge in [0.25, 0.3) is 0 Å². The zero-order chi connectivity index (χ0) is 16.1. The van der Waals surface area contributed by atoms with Crippen LogP contribution in [0.4, 0.5) is 0 Å². The first kappa shape index (κ1) is 16.5. The van der Waals surface area contributed by atoms with Gasteiger partial charge in [-0.05, 0) is 60.7 Å². The van der Waals surface area contributed by atoms with E-state index in [-0.39, 0.29) is 17.3 Å². The van der Waals surface area contributed by atoms with Crippen molar-refractivity contribution in [1.82, 2.24) is 0 Å². The molecule has 0 aliphatic heterocycles. The van der Waals surface area contributed by atoms with Crippen LogP contribution in [0.25, 0.3) is 12.2 Å². The van der Waals surface area contributed by atoms with Crippen LogP contribution in [0.1, 0.15) is 11.1 Å². The van der Waals surface area contributed by atoms with Gasteiger partial charge in [-0.3, -0.25) is 4.79 Å². The molecular weight excluding hydrogens is 412 g/mol. The maximum Gasteiger partial charge on any atom is 0.178 e. The van der Waals surface area contributed by atoms with Gasteiger partial charge in [0.15, 0.2) is 5.78 Å². The molecule has 2 N–H and O–H groups in total. The van der Waals surface area contributed by atoms with Crippen molar-refractivity contribution in [2.75, 3.05) is 0 Å². The van der Waals surface area contributed by atoms with Gasteiger partial charge in [0, 0.05) is 20.1 Å². The molecule has 0 aliphatic carbocycles. The van der Waals surface area contributed by atoms with Crippen LogP contribution in [0.3, 0.4) is 0 Å². The summed E-state index contributed by atoms with van der Waals surface area (Å²) in [6.45, 7) is 0. The number of phenolic OH excluding ortho intramolecular Hbond substituents is 2. The van der Waals surface area contributed by atoms with E-state index in [1.54, 1.807) is 36.4 Å². The highest BCUT2D eigenvalue weighted by molar-refractivity contribution is 9.10. The zero-order valence-corrected chi connectivity index (χ0v) is 14.5. The van der Waals surface area contributed by atoms with E-state index >= 15 is 0 Å². The second-order valence-electron chi connectivity index (χ2n) is 4.48. The maximum atomic E-state index is 11.8. The summed E-state index contributed by atoms with van der Waals surface area (Å²) < 4.78 is 1.62. The van der Waals surface area contributed by atoms with Gasteiger partial charge in [-0.2, -0.15) is 0 Å². The standard InChI is InChI=1S/C17H12Br2O3/c18-13-3-7-16(21)11(9-13)1-5-15(20)6-2-12-10-14(19)4-8-17(12)22/h1-10,21-22H/b5-1-,6-2+. The molecule has 0 aliphatic rings. The fraction of sp³-hybridized carbons (Fsp3) is 0. The minimum absolute atomic E-state index is 0.0980. The molecule has 112 valence electrons. The van der Waals surface area contributed by atoms with E-state index in [2.05, 4.69) is 31.9 Å². The molecule has 3 nitrogen and oxygen atoms in total. The third-order valence-corrected chi connectivity index (χ3v) is 3.82. The summed E-state index contributed by atoms with van der Waals surface area (Å²) in [5.74, 6) is -0.0551. The molecule has 0 radical (unpaired) electrons. The Labute approximate surface area is 144 Å². The van der Waals surface area contributed by atoms with Crippen molar-refractivity contribution in [1.29, 1.82) is 0 Å². The number of hydrogen-bond acceptors (Lipinski definition) is 3. The topological polar surface area (TPSA) is 57.5 Å². The lowest BCUT2D eigenvalue weighted by molar-refractivity contribution is -0.110. The first-order chi connectivity index (χ1) is 10.5. The smallest absolute Gasteiger partial charge is 0.178 e. The van der Waals surface area contributed by atoms with Crippen LogP contribution in [0.15, 0.2) is 57.5 Å². The molecule has 0 saturated heterocycles. The minimum Gasteiger partial charge on any atom is -0.507 e. The van der Waals surface area contributed by atoms with E-state index in [0.717, 1.165) is 8.95 Å². The van der Waals surface area contributed by atoms with Crippen molar-refractivity contribution in [2.24, 2.45) is 0 Å². The summed E-state index contributed by atoms with van der Waals surface area (Å²) in [6.07, 6.45) is 5.78. The number of benzene rings is 2. The third-order valence-electron chi connectivity index (χ3n) is 2.83. The summed E-state index contributed by atoms with van der Waals surface area (Å²) >= 11 is 6.61. The fourth-order valence-corrected chi connectivity index (χ4v) is 2.47. The molecule has 2 rings (SSSR count). The number of carbonyl (C=O) groups excluding carboxylic acids is 1. The molecule has 5 heteroatoms. The van der Waals surface area contributed by atoms with Crippen LogP contribution < -0.4 is 0 Å². The Morgan fingerprint density at radius 1 is 0.818 bits per heavy atom. The summed E-state index contributed by atoms with van der Waals surface area (Å²) in [6, 6.07) is 9.94. The second kappa shape index (κ2) is 7.42. The molecule has 0 fully saturated rings. The Balaban J connectivity index is 2.12. The van der Waals surface area contributed by atoms with E-state index in [1.807, 2.05) is 0 Å². The monoisotopic (exact) mass is 422 g/mol. The maximum absolute atomic E-state index is 11.8. The zero-order valence-electron chi connectivity index (χ0n) is 11.3. The first-order valence-electron chi connectivity index (χ1n) is 6.33. The molecule has 0 heterocycles. The number of allylic oxidation sites excluding steroid dienone is 2. The average molecular weight is 424 g/mol. The molecule has 0 amide bonds. The molecule has 0 bridgehead atoms. The molecule has 0 aromatic heterocycles. The molecule has 22 heavy (non-hydrogen) atoms. The Hall–Kier alpha value is -1.85. The Kier molecular flexibility index (Phi) is 5.57. The van der Waals surface area contributed by atoms with Crippen LogP contribution in [0, 0.1) is 0 Å². The number of hydrogen-bond donors (Lipinski definition) is 2. The summed E-state index contributed by atoms with van der Waals surface area (Å²) in [7, 11) is 0. The lowest BCUT2D eigenvalue weighted by Crippen LogP contribution is -1.86. The summed E-state index contributed by atoms with van der Waals surface area (Å²) in [4.78, 5) is 11.8. The number of carbonyl (C=O) groups is 1. The second-order valence-corrected chi connectivity index (χ2v) is 6.31. The van der Waals surface area contributed by atoms with Crippen molar-refractivity contribution < 1.29 is 15.0 Å². The van der Waals surface area contributed by atoms with E-state index in [4.69, 9.17) is 0 Å².